The lowest BCUT2D eigenvalue weighted by Gasteiger charge is -2.47. The minimum atomic E-state index is -0.685. The summed E-state index contributed by atoms with van der Waals surface area (Å²) in [6.45, 7) is 10.5. The molecule has 5 heteroatoms. The molecule has 4 rings (SSSR count). The van der Waals surface area contributed by atoms with Crippen LogP contribution in [0.4, 0.5) is 0 Å². The van der Waals surface area contributed by atoms with Gasteiger partial charge in [0.1, 0.15) is 6.29 Å². The molecular weight excluding hydrogens is 292 g/mol. The molecule has 1 aromatic heterocycles. The van der Waals surface area contributed by atoms with Crippen molar-refractivity contribution in [2.45, 2.75) is 39.0 Å². The molecule has 0 N–H and O–H groups in total. The number of imidazole rings is 1. The van der Waals surface area contributed by atoms with Gasteiger partial charge in [0.15, 0.2) is 11.8 Å². The van der Waals surface area contributed by atoms with Crippen molar-refractivity contribution >= 4 is 12.4 Å². The molecule has 2 aliphatic heterocycles. The Labute approximate surface area is 135 Å². The van der Waals surface area contributed by atoms with Crippen molar-refractivity contribution in [3.63, 3.8) is 0 Å². The maximum atomic E-state index is 11.5. The van der Waals surface area contributed by atoms with Crippen LogP contribution in [0.1, 0.15) is 37.9 Å². The lowest BCUT2D eigenvalue weighted by molar-refractivity contribution is -0.105. The second kappa shape index (κ2) is 4.68. The van der Waals surface area contributed by atoms with Crippen LogP contribution in [0.5, 0.6) is 6.01 Å². The summed E-state index contributed by atoms with van der Waals surface area (Å²) >= 11 is 0. The third-order valence-electron chi connectivity index (χ3n) is 5.21. The van der Waals surface area contributed by atoms with Crippen LogP contribution in [0, 0.1) is 12.8 Å². The number of aryl methyl sites for hydroxylation is 1. The molecule has 0 saturated heterocycles. The first-order valence-corrected chi connectivity index (χ1v) is 7.93. The van der Waals surface area contributed by atoms with Gasteiger partial charge >= 0.3 is 6.01 Å². The zero-order valence-electron chi connectivity index (χ0n) is 13.6. The molecular formula is C18H20N2O3. The molecule has 0 bridgehead atoms. The monoisotopic (exact) mass is 312 g/mol. The number of carbonyl (C=O) groups is 1. The van der Waals surface area contributed by atoms with Gasteiger partial charge in [0, 0.05) is 11.5 Å². The summed E-state index contributed by atoms with van der Waals surface area (Å²) < 4.78 is 14.3. The predicted octanol–water partition coefficient (Wildman–Crippen LogP) is 2.98. The van der Waals surface area contributed by atoms with Crippen LogP contribution in [0.25, 0.3) is 6.08 Å². The molecule has 120 valence electrons. The Balaban J connectivity index is 2.00. The molecule has 0 fully saturated rings. The second-order valence-corrected chi connectivity index (χ2v) is 6.54. The minimum absolute atomic E-state index is 0.101. The highest BCUT2D eigenvalue weighted by molar-refractivity contribution is 5.77. The number of rotatable bonds is 2. The van der Waals surface area contributed by atoms with Crippen molar-refractivity contribution in [1.29, 1.82) is 0 Å². The van der Waals surface area contributed by atoms with E-state index in [0.29, 0.717) is 12.6 Å². The quantitative estimate of drug-likeness (QED) is 0.622. The average Bonchev–Trinajstić information content (AvgIpc) is 2.85. The van der Waals surface area contributed by atoms with Crippen molar-refractivity contribution in [1.82, 2.24) is 9.55 Å². The molecule has 0 saturated carbocycles. The van der Waals surface area contributed by atoms with E-state index in [2.05, 4.69) is 18.5 Å². The molecule has 0 aromatic carbocycles. The Kier molecular flexibility index (Phi) is 2.94. The number of hydrogen-bond donors (Lipinski definition) is 0. The molecule has 0 radical (unpaired) electrons. The van der Waals surface area contributed by atoms with E-state index in [1.165, 1.54) is 5.57 Å². The molecule has 23 heavy (non-hydrogen) atoms. The van der Waals surface area contributed by atoms with Gasteiger partial charge in [0.25, 0.3) is 0 Å². The van der Waals surface area contributed by atoms with E-state index in [0.717, 1.165) is 35.2 Å². The van der Waals surface area contributed by atoms with Gasteiger partial charge in [-0.05, 0) is 38.0 Å². The van der Waals surface area contributed by atoms with Crippen molar-refractivity contribution in [2.24, 2.45) is 5.92 Å². The number of aromatic nitrogens is 2. The van der Waals surface area contributed by atoms with Crippen LogP contribution in [-0.2, 0) is 9.53 Å². The average molecular weight is 312 g/mol. The number of hydrogen-bond acceptors (Lipinski definition) is 4. The van der Waals surface area contributed by atoms with E-state index < -0.39 is 5.60 Å². The highest BCUT2D eigenvalue weighted by Crippen LogP contribution is 2.51. The van der Waals surface area contributed by atoms with Gasteiger partial charge in [-0.25, -0.2) is 0 Å². The fourth-order valence-electron chi connectivity index (χ4n) is 4.08. The van der Waals surface area contributed by atoms with Crippen molar-refractivity contribution in [3.05, 3.63) is 40.8 Å². The van der Waals surface area contributed by atoms with E-state index in [-0.39, 0.29) is 12.1 Å². The number of carbonyl (C=O) groups excluding carboxylic acids is 1. The maximum absolute atomic E-state index is 11.5. The van der Waals surface area contributed by atoms with Crippen LogP contribution < -0.4 is 4.74 Å². The lowest BCUT2D eigenvalue weighted by atomic mass is 9.73. The fourth-order valence-corrected chi connectivity index (χ4v) is 4.08. The molecule has 1 aromatic rings. The zero-order chi connectivity index (χ0) is 16.4. The van der Waals surface area contributed by atoms with Crippen LogP contribution in [0.3, 0.4) is 0 Å². The van der Waals surface area contributed by atoms with Gasteiger partial charge in [-0.2, -0.15) is 4.98 Å². The first-order chi connectivity index (χ1) is 11.0. The molecule has 1 aliphatic carbocycles. The third-order valence-corrected chi connectivity index (χ3v) is 5.21. The van der Waals surface area contributed by atoms with E-state index in [9.17, 15) is 4.79 Å². The SMILES string of the molecule is C=Cc1c(C)nc2n1C1OCCC3=C1C(C)(C=C(C=O)C3C)O2. The Morgan fingerprint density at radius 2 is 2.30 bits per heavy atom. The largest absolute Gasteiger partial charge is 0.449 e. The molecule has 5 nitrogen and oxygen atoms in total. The number of allylic oxidation sites excluding steroid dienone is 1. The minimum Gasteiger partial charge on any atom is -0.449 e. The van der Waals surface area contributed by atoms with Crippen molar-refractivity contribution in [2.75, 3.05) is 6.61 Å². The molecule has 3 heterocycles. The zero-order valence-corrected chi connectivity index (χ0v) is 13.6. The second-order valence-electron chi connectivity index (χ2n) is 6.54. The van der Waals surface area contributed by atoms with Crippen LogP contribution >= 0.6 is 0 Å². The Morgan fingerprint density at radius 3 is 3.00 bits per heavy atom. The molecule has 0 amide bonds. The van der Waals surface area contributed by atoms with Gasteiger partial charge in [-0.15, -0.1) is 0 Å². The summed E-state index contributed by atoms with van der Waals surface area (Å²) in [6.07, 6.45) is 5.23. The fraction of sp³-hybridized carbons (Fsp3) is 0.444. The lowest BCUT2D eigenvalue weighted by Crippen LogP contribution is -2.48. The predicted molar refractivity (Wildman–Crippen MR) is 86.0 cm³/mol. The highest BCUT2D eigenvalue weighted by atomic mass is 16.5. The van der Waals surface area contributed by atoms with Gasteiger partial charge < -0.3 is 9.47 Å². The Bertz CT molecular complexity index is 786. The van der Waals surface area contributed by atoms with Gasteiger partial charge in [0.2, 0.25) is 0 Å². The number of nitrogens with zero attached hydrogens (tertiary/aromatic N) is 2. The summed E-state index contributed by atoms with van der Waals surface area (Å²) in [7, 11) is 0. The summed E-state index contributed by atoms with van der Waals surface area (Å²) in [5.41, 5.74) is 4.22. The number of ether oxygens (including phenoxy) is 2. The Morgan fingerprint density at radius 1 is 1.52 bits per heavy atom. The molecule has 3 atom stereocenters. The van der Waals surface area contributed by atoms with Gasteiger partial charge in [-0.3, -0.25) is 9.36 Å². The van der Waals surface area contributed by atoms with Crippen molar-refractivity contribution < 1.29 is 14.3 Å². The smallest absolute Gasteiger partial charge is 0.300 e. The standard InChI is InChI=1S/C18H20N2O3/c1-5-14-11(3)19-17-20(14)16-15-13(6-7-22-16)10(2)12(9-21)8-18(15,4)23-17/h5,8-10,16H,1,6-7H2,2-4H3. The normalized spacial score (nSPS) is 31.7. The molecule has 0 spiro atoms. The highest BCUT2D eigenvalue weighted by Gasteiger charge is 2.49. The van der Waals surface area contributed by atoms with E-state index in [1.807, 2.05) is 24.5 Å². The number of fused-ring (bicyclic) bond motifs is 2. The molecule has 3 aliphatic rings. The molecule has 3 unspecified atom stereocenters. The Hall–Kier alpha value is -2.14. The first kappa shape index (κ1) is 14.5. The number of aldehydes is 1. The summed E-state index contributed by atoms with van der Waals surface area (Å²) in [5, 5.41) is 0. The first-order valence-electron chi connectivity index (χ1n) is 7.93. The van der Waals surface area contributed by atoms with Crippen molar-refractivity contribution in [3.8, 4) is 6.01 Å². The van der Waals surface area contributed by atoms with E-state index in [4.69, 9.17) is 9.47 Å². The third kappa shape index (κ3) is 1.77. The van der Waals surface area contributed by atoms with Gasteiger partial charge in [0.05, 0.1) is 18.0 Å². The summed E-state index contributed by atoms with van der Waals surface area (Å²) in [6, 6.07) is 0.519. The van der Waals surface area contributed by atoms with E-state index >= 15 is 0 Å². The van der Waals surface area contributed by atoms with Crippen LogP contribution in [0.2, 0.25) is 0 Å². The van der Waals surface area contributed by atoms with E-state index in [1.54, 1.807) is 6.08 Å². The van der Waals surface area contributed by atoms with Gasteiger partial charge in [-0.1, -0.05) is 19.1 Å². The van der Waals surface area contributed by atoms with Crippen LogP contribution in [0.15, 0.2) is 29.4 Å². The van der Waals surface area contributed by atoms with Crippen LogP contribution in [-0.4, -0.2) is 28.0 Å². The summed E-state index contributed by atoms with van der Waals surface area (Å²) in [5.74, 6) is 0.101. The topological polar surface area (TPSA) is 53.4 Å². The maximum Gasteiger partial charge on any atom is 0.300 e. The summed E-state index contributed by atoms with van der Waals surface area (Å²) in [4.78, 5) is 16.0.